The summed E-state index contributed by atoms with van der Waals surface area (Å²) >= 11 is 0. The number of phosphoric acid groups is 2. The van der Waals surface area contributed by atoms with Crippen LogP contribution < -0.4 is 0 Å². The highest BCUT2D eigenvalue weighted by Crippen LogP contribution is 2.45. The molecule has 0 aromatic carbocycles. The Kier molecular flexibility index (Phi) is 77.9. The van der Waals surface area contributed by atoms with E-state index >= 15 is 0 Å². The van der Waals surface area contributed by atoms with Crippen LogP contribution in [0.4, 0.5) is 0 Å². The minimum absolute atomic E-state index is 0.108. The van der Waals surface area contributed by atoms with Crippen LogP contribution in [0.5, 0.6) is 0 Å². The monoisotopic (exact) mass is 1560 g/mol. The summed E-state index contributed by atoms with van der Waals surface area (Å²) in [5.74, 6) is -0.552. The second kappa shape index (κ2) is 79.3. The number of aliphatic hydroxyl groups is 1. The Morgan fingerprint density at radius 3 is 0.710 bits per heavy atom. The molecule has 17 nitrogen and oxygen atoms in total. The lowest BCUT2D eigenvalue weighted by atomic mass is 9.99. The zero-order chi connectivity index (χ0) is 78.5. The third-order valence-electron chi connectivity index (χ3n) is 21.1. The van der Waals surface area contributed by atoms with Crippen LogP contribution in [0.1, 0.15) is 472 Å². The van der Waals surface area contributed by atoms with Crippen molar-refractivity contribution < 1.29 is 80.2 Å². The van der Waals surface area contributed by atoms with E-state index in [0.29, 0.717) is 31.6 Å². The minimum atomic E-state index is -4.97. The number of hydrogen-bond donors (Lipinski definition) is 3. The van der Waals surface area contributed by atoms with Gasteiger partial charge in [0.25, 0.3) is 0 Å². The highest BCUT2D eigenvalue weighted by atomic mass is 31.2. The fourth-order valence-corrected chi connectivity index (χ4v) is 15.3. The van der Waals surface area contributed by atoms with Gasteiger partial charge in [-0.1, -0.05) is 420 Å². The molecule has 0 aromatic rings. The summed E-state index contributed by atoms with van der Waals surface area (Å²) in [6.07, 6.45) is 72.4. The summed E-state index contributed by atoms with van der Waals surface area (Å²) in [5, 5.41) is 10.7. The molecule has 0 saturated carbocycles. The number of unbranched alkanes of at least 4 members (excludes halogenated alkanes) is 56. The lowest BCUT2D eigenvalue weighted by Gasteiger charge is -2.21. The third kappa shape index (κ3) is 80.5. The maximum absolute atomic E-state index is 13.2. The van der Waals surface area contributed by atoms with Gasteiger partial charge in [-0.05, 0) is 37.5 Å². The lowest BCUT2D eigenvalue weighted by molar-refractivity contribution is -0.161. The van der Waals surface area contributed by atoms with Crippen LogP contribution in [0, 0.1) is 11.8 Å². The van der Waals surface area contributed by atoms with Gasteiger partial charge in [-0.15, -0.1) is 0 Å². The third-order valence-corrected chi connectivity index (χ3v) is 23.0. The first-order valence-corrected chi connectivity index (χ1v) is 48.5. The quantitative estimate of drug-likeness (QED) is 0.0222. The topological polar surface area (TPSA) is 237 Å². The normalized spacial score (nSPS) is 14.0. The number of carbonyl (C=O) groups is 4. The molecule has 0 rings (SSSR count). The standard InChI is InChI=1S/C88H172O17P2/c1-7-10-12-14-16-18-20-22-24-26-31-35-39-43-47-51-58-64-70-85(90)98-76-83(104-87(92)72-66-61-53-49-45-41-37-33-29-28-30-34-38-42-46-50-57-63-69-81(6)9-3)78-102-106(94,95)100-74-82(89)75-101-107(96,97)103-79-84(77-99-86(91)71-65-59-55-54-56-62-68-80(4)5)105-88(93)73-67-60-52-48-44-40-36-32-27-25-23-21-19-17-15-13-11-8-2/h80-84,89H,7-79H2,1-6H3,(H,94,95)(H,96,97)/t81?,82-,83-,84-/m1/s1. The van der Waals surface area contributed by atoms with Gasteiger partial charge < -0.3 is 33.8 Å². The zero-order valence-corrected chi connectivity index (χ0v) is 72.2. The zero-order valence-electron chi connectivity index (χ0n) is 70.5. The van der Waals surface area contributed by atoms with Gasteiger partial charge >= 0.3 is 39.5 Å². The van der Waals surface area contributed by atoms with Crippen molar-refractivity contribution in [3.63, 3.8) is 0 Å². The minimum Gasteiger partial charge on any atom is -0.462 e. The average Bonchev–Trinajstić information content (AvgIpc) is 0.901. The van der Waals surface area contributed by atoms with E-state index in [1.165, 1.54) is 283 Å². The van der Waals surface area contributed by atoms with Gasteiger partial charge in [-0.25, -0.2) is 9.13 Å². The summed E-state index contributed by atoms with van der Waals surface area (Å²) in [6, 6.07) is 0. The van der Waals surface area contributed by atoms with E-state index < -0.39 is 97.5 Å². The second-order valence-corrected chi connectivity index (χ2v) is 35.3. The largest absolute Gasteiger partial charge is 0.472 e. The van der Waals surface area contributed by atoms with Crippen molar-refractivity contribution in [2.24, 2.45) is 11.8 Å². The number of aliphatic hydroxyl groups excluding tert-OH is 1. The number of ether oxygens (including phenoxy) is 4. The molecule has 107 heavy (non-hydrogen) atoms. The Morgan fingerprint density at radius 1 is 0.271 bits per heavy atom. The fourth-order valence-electron chi connectivity index (χ4n) is 13.7. The van der Waals surface area contributed by atoms with Gasteiger partial charge in [0, 0.05) is 25.7 Å². The Balaban J connectivity index is 5.20. The number of rotatable bonds is 87. The van der Waals surface area contributed by atoms with E-state index in [1.807, 2.05) is 0 Å². The predicted octanol–water partition coefficient (Wildman–Crippen LogP) is 27.0. The van der Waals surface area contributed by atoms with Gasteiger partial charge in [0.15, 0.2) is 12.2 Å². The summed E-state index contributed by atoms with van der Waals surface area (Å²) in [4.78, 5) is 73.2. The van der Waals surface area contributed by atoms with Gasteiger partial charge in [0.05, 0.1) is 26.4 Å². The average molecular weight is 1560 g/mol. The van der Waals surface area contributed by atoms with Crippen molar-refractivity contribution >= 4 is 39.5 Å². The van der Waals surface area contributed by atoms with Crippen LogP contribution in [0.25, 0.3) is 0 Å². The summed E-state index contributed by atoms with van der Waals surface area (Å²) < 4.78 is 68.9. The molecule has 0 aromatic heterocycles. The molecule has 0 amide bonds. The van der Waals surface area contributed by atoms with Crippen LogP contribution in [0.15, 0.2) is 0 Å². The van der Waals surface area contributed by atoms with Crippen molar-refractivity contribution in [3.05, 3.63) is 0 Å². The predicted molar refractivity (Wildman–Crippen MR) is 442 cm³/mol. The Hall–Kier alpha value is -1.94. The van der Waals surface area contributed by atoms with Gasteiger partial charge in [-0.3, -0.25) is 37.3 Å². The molecule has 3 unspecified atom stereocenters. The molecule has 0 aliphatic rings. The van der Waals surface area contributed by atoms with Crippen LogP contribution in [-0.2, 0) is 65.4 Å². The van der Waals surface area contributed by atoms with E-state index in [1.54, 1.807) is 0 Å². The van der Waals surface area contributed by atoms with E-state index in [2.05, 4.69) is 41.5 Å². The molecule has 0 saturated heterocycles. The molecule has 0 aliphatic heterocycles. The Morgan fingerprint density at radius 2 is 0.477 bits per heavy atom. The summed E-state index contributed by atoms with van der Waals surface area (Å²) in [7, 11) is -9.93. The first-order valence-electron chi connectivity index (χ1n) is 45.5. The molecule has 19 heteroatoms. The molecule has 0 heterocycles. The van der Waals surface area contributed by atoms with Gasteiger partial charge in [0.1, 0.15) is 19.3 Å². The first kappa shape index (κ1) is 105. The molecule has 0 spiro atoms. The smallest absolute Gasteiger partial charge is 0.462 e. The number of carbonyl (C=O) groups excluding carboxylic acids is 4. The fraction of sp³-hybridized carbons (Fsp3) is 0.955. The van der Waals surface area contributed by atoms with E-state index in [9.17, 15) is 43.2 Å². The molecule has 0 aliphatic carbocycles. The maximum Gasteiger partial charge on any atom is 0.472 e. The maximum atomic E-state index is 13.2. The van der Waals surface area contributed by atoms with Crippen LogP contribution in [0.2, 0.25) is 0 Å². The van der Waals surface area contributed by atoms with Crippen molar-refractivity contribution in [3.8, 4) is 0 Å². The molecule has 6 atom stereocenters. The molecule has 0 fully saturated rings. The molecular weight excluding hydrogens is 1390 g/mol. The highest BCUT2D eigenvalue weighted by molar-refractivity contribution is 7.47. The summed E-state index contributed by atoms with van der Waals surface area (Å²) in [6.45, 7) is 9.67. The van der Waals surface area contributed by atoms with E-state index in [-0.39, 0.29) is 25.7 Å². The van der Waals surface area contributed by atoms with Crippen molar-refractivity contribution in [1.29, 1.82) is 0 Å². The highest BCUT2D eigenvalue weighted by Gasteiger charge is 2.31. The van der Waals surface area contributed by atoms with E-state index in [4.69, 9.17) is 37.0 Å². The number of esters is 4. The van der Waals surface area contributed by atoms with Gasteiger partial charge in [-0.2, -0.15) is 0 Å². The molecule has 636 valence electrons. The van der Waals surface area contributed by atoms with E-state index in [0.717, 1.165) is 102 Å². The second-order valence-electron chi connectivity index (χ2n) is 32.4. The Labute approximate surface area is 658 Å². The number of hydrogen-bond acceptors (Lipinski definition) is 15. The first-order chi connectivity index (χ1) is 51.9. The molecular formula is C88H172O17P2. The Bertz CT molecular complexity index is 2050. The van der Waals surface area contributed by atoms with Crippen molar-refractivity contribution in [2.75, 3.05) is 39.6 Å². The van der Waals surface area contributed by atoms with Crippen molar-refractivity contribution in [1.82, 2.24) is 0 Å². The molecule has 0 radical (unpaired) electrons. The summed E-state index contributed by atoms with van der Waals surface area (Å²) in [5.41, 5.74) is 0. The molecule has 0 bridgehead atoms. The van der Waals surface area contributed by atoms with Crippen molar-refractivity contribution in [2.45, 2.75) is 490 Å². The van der Waals surface area contributed by atoms with Crippen LogP contribution in [0.3, 0.4) is 0 Å². The van der Waals surface area contributed by atoms with Gasteiger partial charge in [0.2, 0.25) is 0 Å². The van der Waals surface area contributed by atoms with Crippen LogP contribution >= 0.6 is 15.6 Å². The number of phosphoric ester groups is 2. The van der Waals surface area contributed by atoms with Crippen LogP contribution in [-0.4, -0.2) is 96.7 Å². The SMILES string of the molecule is CCCCCCCCCCCCCCCCCCCCC(=O)OC[C@H](COP(=O)(O)OC[C@@H](O)COP(=O)(O)OC[C@@H](COC(=O)CCCCCCCCC(C)C)OC(=O)CCCCCCCCCCCCCCCCCCCC)OC(=O)CCCCCCCCCCCCCCCCCCCCC(C)CC. The molecule has 3 N–H and O–H groups in total. The lowest BCUT2D eigenvalue weighted by Crippen LogP contribution is -2.30.